The summed E-state index contributed by atoms with van der Waals surface area (Å²) in [7, 11) is 6.83. The van der Waals surface area contributed by atoms with E-state index in [1.807, 2.05) is 31.4 Å². The summed E-state index contributed by atoms with van der Waals surface area (Å²) in [5.41, 5.74) is 3.05. The zero-order chi connectivity index (χ0) is 19.0. The van der Waals surface area contributed by atoms with Crippen molar-refractivity contribution in [1.82, 2.24) is 4.57 Å². The van der Waals surface area contributed by atoms with Gasteiger partial charge in [0.2, 0.25) is 11.6 Å². The van der Waals surface area contributed by atoms with Gasteiger partial charge in [0.1, 0.15) is 6.10 Å². The molecule has 6 heteroatoms. The van der Waals surface area contributed by atoms with E-state index in [9.17, 15) is 0 Å². The quantitative estimate of drug-likeness (QED) is 0.691. The zero-order valence-electron chi connectivity index (χ0n) is 15.9. The van der Waals surface area contributed by atoms with Crippen LogP contribution in [0.3, 0.4) is 0 Å². The molecule has 27 heavy (non-hydrogen) atoms. The Labute approximate surface area is 157 Å². The minimum atomic E-state index is -0.196. The zero-order valence-corrected chi connectivity index (χ0v) is 15.9. The molecule has 1 aliphatic rings. The molecule has 4 rings (SSSR count). The van der Waals surface area contributed by atoms with E-state index >= 15 is 0 Å². The van der Waals surface area contributed by atoms with Gasteiger partial charge in [-0.2, -0.15) is 0 Å². The molecule has 0 bridgehead atoms. The van der Waals surface area contributed by atoms with E-state index in [1.165, 1.54) is 5.39 Å². The molecule has 0 fully saturated rings. The van der Waals surface area contributed by atoms with Crippen molar-refractivity contribution in [3.05, 3.63) is 53.7 Å². The second-order valence-corrected chi connectivity index (χ2v) is 6.41. The van der Waals surface area contributed by atoms with Crippen LogP contribution in [0, 0.1) is 0 Å². The number of hydrogen-bond acceptors (Lipinski definition) is 5. The van der Waals surface area contributed by atoms with Crippen LogP contribution < -0.4 is 14.2 Å². The molecule has 1 atom stereocenters. The summed E-state index contributed by atoms with van der Waals surface area (Å²) >= 11 is 0. The van der Waals surface area contributed by atoms with Crippen LogP contribution in [0.1, 0.15) is 17.2 Å². The number of rotatable bonds is 5. The number of hydrogen-bond donors (Lipinski definition) is 0. The van der Waals surface area contributed by atoms with Crippen LogP contribution in [-0.4, -0.2) is 38.3 Å². The Morgan fingerprint density at radius 1 is 1.00 bits per heavy atom. The van der Waals surface area contributed by atoms with E-state index in [1.54, 1.807) is 21.3 Å². The topological polar surface area (TPSA) is 54.2 Å². The minimum absolute atomic E-state index is 0.196. The normalized spacial score (nSPS) is 16.1. The maximum Gasteiger partial charge on any atom is 0.216 e. The van der Waals surface area contributed by atoms with Crippen LogP contribution in [0.2, 0.25) is 0 Å². The van der Waals surface area contributed by atoms with Gasteiger partial charge in [-0.25, -0.2) is 4.99 Å². The molecule has 0 saturated heterocycles. The van der Waals surface area contributed by atoms with Gasteiger partial charge in [0, 0.05) is 29.9 Å². The monoisotopic (exact) mass is 366 g/mol. The Balaban J connectivity index is 1.62. The van der Waals surface area contributed by atoms with Crippen molar-refractivity contribution >= 4 is 16.8 Å². The molecule has 140 valence electrons. The molecule has 1 aromatic heterocycles. The summed E-state index contributed by atoms with van der Waals surface area (Å²) in [5, 5.41) is 1.20. The standard InChI is InChI=1S/C21H22N2O4/c1-23-8-7-13-5-6-14(9-16(13)23)21-22-12-19(27-21)15-10-17(24-2)20(26-4)18(11-15)25-3/h5-11,19H,12H2,1-4H3. The van der Waals surface area contributed by atoms with Gasteiger partial charge in [0.05, 0.1) is 27.9 Å². The maximum absolute atomic E-state index is 6.16. The number of nitrogens with zero attached hydrogens (tertiary/aromatic N) is 2. The highest BCUT2D eigenvalue weighted by molar-refractivity contribution is 5.98. The third-order valence-electron chi connectivity index (χ3n) is 4.85. The molecule has 0 N–H and O–H groups in total. The molecule has 6 nitrogen and oxygen atoms in total. The summed E-state index contributed by atoms with van der Waals surface area (Å²) in [6.45, 7) is 0.541. The van der Waals surface area contributed by atoms with Crippen molar-refractivity contribution in [3.63, 3.8) is 0 Å². The van der Waals surface area contributed by atoms with E-state index in [0.29, 0.717) is 29.7 Å². The predicted octanol–water partition coefficient (Wildman–Crippen LogP) is 3.72. The van der Waals surface area contributed by atoms with Crippen LogP contribution >= 0.6 is 0 Å². The Hall–Kier alpha value is -3.15. The van der Waals surface area contributed by atoms with E-state index in [-0.39, 0.29) is 6.10 Å². The number of aryl methyl sites for hydroxylation is 1. The SMILES string of the molecule is COc1cc(C2CN=C(c3ccc4ccn(C)c4c3)O2)cc(OC)c1OC. The molecule has 0 aliphatic carbocycles. The van der Waals surface area contributed by atoms with E-state index < -0.39 is 0 Å². The van der Waals surface area contributed by atoms with Gasteiger partial charge in [-0.05, 0) is 35.7 Å². The molecule has 0 spiro atoms. The number of ether oxygens (including phenoxy) is 4. The summed E-state index contributed by atoms with van der Waals surface area (Å²) in [5.74, 6) is 2.43. The van der Waals surface area contributed by atoms with Crippen molar-refractivity contribution < 1.29 is 18.9 Å². The largest absolute Gasteiger partial charge is 0.493 e. The lowest BCUT2D eigenvalue weighted by Gasteiger charge is -2.17. The highest BCUT2D eigenvalue weighted by Crippen LogP contribution is 2.41. The molecule has 2 heterocycles. The first-order chi connectivity index (χ1) is 13.1. The Bertz CT molecular complexity index is 997. The van der Waals surface area contributed by atoms with Crippen molar-refractivity contribution in [3.8, 4) is 17.2 Å². The van der Waals surface area contributed by atoms with E-state index in [2.05, 4.69) is 27.8 Å². The third-order valence-corrected chi connectivity index (χ3v) is 4.85. The molecule has 2 aromatic carbocycles. The smallest absolute Gasteiger partial charge is 0.216 e. The summed E-state index contributed by atoms with van der Waals surface area (Å²) in [4.78, 5) is 4.61. The van der Waals surface area contributed by atoms with Gasteiger partial charge in [0.25, 0.3) is 0 Å². The average molecular weight is 366 g/mol. The molecule has 0 radical (unpaired) electrons. The van der Waals surface area contributed by atoms with E-state index in [4.69, 9.17) is 18.9 Å². The second kappa shape index (κ2) is 6.87. The lowest BCUT2D eigenvalue weighted by molar-refractivity contribution is 0.228. The summed E-state index contributed by atoms with van der Waals surface area (Å²) < 4.78 is 24.5. The average Bonchev–Trinajstić information content (AvgIpc) is 3.34. The van der Waals surface area contributed by atoms with Crippen LogP contribution in [-0.2, 0) is 11.8 Å². The molecule has 0 amide bonds. The van der Waals surface area contributed by atoms with Gasteiger partial charge < -0.3 is 23.5 Å². The molecular formula is C21H22N2O4. The van der Waals surface area contributed by atoms with Crippen molar-refractivity contribution in [2.24, 2.45) is 12.0 Å². The fraction of sp³-hybridized carbons (Fsp3) is 0.286. The Morgan fingerprint density at radius 3 is 2.41 bits per heavy atom. The van der Waals surface area contributed by atoms with Crippen molar-refractivity contribution in [2.75, 3.05) is 27.9 Å². The maximum atomic E-state index is 6.16. The van der Waals surface area contributed by atoms with Gasteiger partial charge in [-0.15, -0.1) is 0 Å². The number of methoxy groups -OCH3 is 3. The van der Waals surface area contributed by atoms with E-state index in [0.717, 1.165) is 16.6 Å². The number of fused-ring (bicyclic) bond motifs is 1. The number of aliphatic imine (C=N–C) groups is 1. The lowest BCUT2D eigenvalue weighted by atomic mass is 10.1. The Kier molecular flexibility index (Phi) is 4.39. The predicted molar refractivity (Wildman–Crippen MR) is 104 cm³/mol. The van der Waals surface area contributed by atoms with Crippen molar-refractivity contribution in [1.29, 1.82) is 0 Å². The van der Waals surface area contributed by atoms with Crippen molar-refractivity contribution in [2.45, 2.75) is 6.10 Å². The minimum Gasteiger partial charge on any atom is -0.493 e. The summed E-state index contributed by atoms with van der Waals surface area (Å²) in [6, 6.07) is 12.1. The third kappa shape index (κ3) is 2.97. The Morgan fingerprint density at radius 2 is 1.74 bits per heavy atom. The molecule has 1 aliphatic heterocycles. The number of benzene rings is 2. The molecule has 1 unspecified atom stereocenters. The fourth-order valence-corrected chi connectivity index (χ4v) is 3.39. The summed E-state index contributed by atoms with van der Waals surface area (Å²) in [6.07, 6.45) is 1.85. The first kappa shape index (κ1) is 17.3. The molecule has 0 saturated carbocycles. The highest BCUT2D eigenvalue weighted by atomic mass is 16.5. The number of aromatic nitrogens is 1. The first-order valence-corrected chi connectivity index (χ1v) is 8.71. The first-order valence-electron chi connectivity index (χ1n) is 8.71. The van der Waals surface area contributed by atoms with Gasteiger partial charge in [-0.3, -0.25) is 0 Å². The van der Waals surface area contributed by atoms with Crippen LogP contribution in [0.5, 0.6) is 17.2 Å². The van der Waals surface area contributed by atoms with Crippen LogP contribution in [0.15, 0.2) is 47.6 Å². The lowest BCUT2D eigenvalue weighted by Crippen LogP contribution is -2.07. The molecule has 3 aromatic rings. The highest BCUT2D eigenvalue weighted by Gasteiger charge is 2.26. The second-order valence-electron chi connectivity index (χ2n) is 6.41. The van der Waals surface area contributed by atoms with Crippen LogP contribution in [0.25, 0.3) is 10.9 Å². The van der Waals surface area contributed by atoms with Crippen LogP contribution in [0.4, 0.5) is 0 Å². The van der Waals surface area contributed by atoms with Gasteiger partial charge >= 0.3 is 0 Å². The van der Waals surface area contributed by atoms with Gasteiger partial charge in [-0.1, -0.05) is 6.07 Å². The fourth-order valence-electron chi connectivity index (χ4n) is 3.39. The molecular weight excluding hydrogens is 344 g/mol. The van der Waals surface area contributed by atoms with Gasteiger partial charge in [0.15, 0.2) is 11.5 Å².